The van der Waals surface area contributed by atoms with Crippen LogP contribution in [0.3, 0.4) is 0 Å². The topological polar surface area (TPSA) is 46.3 Å². The SMILES string of the molecule is [O-]/[N+](=C\c1ccccc1C#CC1(O)CCCCCCC1)c1ccc(C(F)(F)F)cc1. The van der Waals surface area contributed by atoms with Gasteiger partial charge in [0.1, 0.15) is 5.60 Å². The lowest BCUT2D eigenvalue weighted by Gasteiger charge is -2.24. The number of benzene rings is 2. The van der Waals surface area contributed by atoms with Crippen molar-refractivity contribution in [2.24, 2.45) is 0 Å². The van der Waals surface area contributed by atoms with Crippen LogP contribution in [0.2, 0.25) is 0 Å². The lowest BCUT2D eigenvalue weighted by atomic mass is 9.87. The molecular weight excluding hydrogens is 391 g/mol. The highest BCUT2D eigenvalue weighted by molar-refractivity contribution is 5.81. The predicted molar refractivity (Wildman–Crippen MR) is 110 cm³/mol. The van der Waals surface area contributed by atoms with Crippen molar-refractivity contribution in [3.05, 3.63) is 70.4 Å². The minimum absolute atomic E-state index is 0.0874. The second-order valence-electron chi connectivity index (χ2n) is 7.64. The largest absolute Gasteiger partial charge is 0.618 e. The molecule has 3 nitrogen and oxygen atoms in total. The van der Waals surface area contributed by atoms with Crippen LogP contribution in [0.5, 0.6) is 0 Å². The maximum Gasteiger partial charge on any atom is 0.416 e. The Morgan fingerprint density at radius 3 is 2.17 bits per heavy atom. The van der Waals surface area contributed by atoms with Gasteiger partial charge in [-0.1, -0.05) is 43.2 Å². The second kappa shape index (κ2) is 9.36. The first-order chi connectivity index (χ1) is 14.3. The molecule has 2 aromatic rings. The van der Waals surface area contributed by atoms with Gasteiger partial charge in [-0.3, -0.25) is 0 Å². The third kappa shape index (κ3) is 5.87. The lowest BCUT2D eigenvalue weighted by molar-refractivity contribution is -0.354. The Labute approximate surface area is 174 Å². The van der Waals surface area contributed by atoms with Crippen molar-refractivity contribution >= 4 is 11.9 Å². The molecule has 2 aromatic carbocycles. The van der Waals surface area contributed by atoms with Gasteiger partial charge in [-0.05, 0) is 49.9 Å². The average Bonchev–Trinajstić information content (AvgIpc) is 2.70. The van der Waals surface area contributed by atoms with E-state index in [-0.39, 0.29) is 5.69 Å². The average molecular weight is 415 g/mol. The van der Waals surface area contributed by atoms with Crippen molar-refractivity contribution in [2.45, 2.75) is 56.7 Å². The third-order valence-corrected chi connectivity index (χ3v) is 5.28. The summed E-state index contributed by atoms with van der Waals surface area (Å²) >= 11 is 0. The van der Waals surface area contributed by atoms with Gasteiger partial charge in [0.25, 0.3) is 0 Å². The number of rotatable bonds is 2. The van der Waals surface area contributed by atoms with Crippen molar-refractivity contribution in [2.75, 3.05) is 0 Å². The smallest absolute Gasteiger partial charge is 0.416 e. The molecule has 1 saturated carbocycles. The Morgan fingerprint density at radius 1 is 0.933 bits per heavy atom. The first kappa shape index (κ1) is 21.9. The van der Waals surface area contributed by atoms with Crippen LogP contribution in [0.25, 0.3) is 0 Å². The number of aliphatic hydroxyl groups is 1. The molecule has 0 spiro atoms. The van der Waals surface area contributed by atoms with E-state index in [0.717, 1.165) is 49.9 Å². The fourth-order valence-corrected chi connectivity index (χ4v) is 3.52. The van der Waals surface area contributed by atoms with E-state index in [0.29, 0.717) is 28.7 Å². The van der Waals surface area contributed by atoms with E-state index < -0.39 is 17.3 Å². The quantitative estimate of drug-likeness (QED) is 0.222. The highest BCUT2D eigenvalue weighted by Crippen LogP contribution is 2.30. The third-order valence-electron chi connectivity index (χ3n) is 5.28. The monoisotopic (exact) mass is 415 g/mol. The standard InChI is InChI=1S/C24H24F3NO2/c25-24(26,27)21-10-12-22(13-11-21)28(30)18-20-9-5-4-8-19(20)14-17-23(29)15-6-2-1-3-7-16-23/h4-5,8-13,18,29H,1-3,6-7,15-16H2/b28-18-. The van der Waals surface area contributed by atoms with E-state index in [1.54, 1.807) is 24.3 Å². The number of alkyl halides is 3. The van der Waals surface area contributed by atoms with Crippen LogP contribution in [0.1, 0.15) is 61.6 Å². The number of hydrogen-bond acceptors (Lipinski definition) is 2. The molecule has 3 rings (SSSR count). The first-order valence-corrected chi connectivity index (χ1v) is 10.1. The summed E-state index contributed by atoms with van der Waals surface area (Å²) < 4.78 is 38.6. The molecule has 0 saturated heterocycles. The van der Waals surface area contributed by atoms with Gasteiger partial charge in [-0.25, -0.2) is 0 Å². The predicted octanol–water partition coefficient (Wildman–Crippen LogP) is 5.79. The lowest BCUT2D eigenvalue weighted by Crippen LogP contribution is -2.27. The Balaban J connectivity index is 1.85. The second-order valence-corrected chi connectivity index (χ2v) is 7.64. The van der Waals surface area contributed by atoms with Crippen LogP contribution in [-0.4, -0.2) is 21.7 Å². The zero-order valence-corrected chi connectivity index (χ0v) is 16.6. The summed E-state index contributed by atoms with van der Waals surface area (Å²) in [5, 5.41) is 23.3. The summed E-state index contributed by atoms with van der Waals surface area (Å²) in [6.07, 6.45) is 3.33. The summed E-state index contributed by atoms with van der Waals surface area (Å²) in [6, 6.07) is 11.0. The molecule has 158 valence electrons. The highest BCUT2D eigenvalue weighted by Gasteiger charge is 2.30. The maximum atomic E-state index is 12.7. The Kier molecular flexibility index (Phi) is 6.84. The van der Waals surface area contributed by atoms with Gasteiger partial charge in [0.15, 0.2) is 6.21 Å². The van der Waals surface area contributed by atoms with Crippen molar-refractivity contribution in [3.8, 4) is 11.8 Å². The molecule has 0 aliphatic heterocycles. The molecule has 0 bridgehead atoms. The van der Waals surface area contributed by atoms with E-state index >= 15 is 0 Å². The summed E-state index contributed by atoms with van der Waals surface area (Å²) in [5.74, 6) is 6.01. The van der Waals surface area contributed by atoms with Gasteiger partial charge in [-0.15, -0.1) is 0 Å². The molecule has 1 aliphatic rings. The van der Waals surface area contributed by atoms with Gasteiger partial charge >= 0.3 is 6.18 Å². The number of halogens is 3. The summed E-state index contributed by atoms with van der Waals surface area (Å²) in [5.41, 5.74) is -0.629. The van der Waals surface area contributed by atoms with Crippen LogP contribution in [0.4, 0.5) is 18.9 Å². The van der Waals surface area contributed by atoms with E-state index in [9.17, 15) is 23.5 Å². The minimum Gasteiger partial charge on any atom is -0.618 e. The Bertz CT molecular complexity index is 945. The zero-order chi connectivity index (χ0) is 21.6. The number of nitrogens with zero attached hydrogens (tertiary/aromatic N) is 1. The van der Waals surface area contributed by atoms with Gasteiger partial charge < -0.3 is 10.3 Å². The Hall–Kier alpha value is -2.78. The van der Waals surface area contributed by atoms with Gasteiger partial charge in [0.2, 0.25) is 5.69 Å². The first-order valence-electron chi connectivity index (χ1n) is 10.1. The van der Waals surface area contributed by atoms with Gasteiger partial charge in [-0.2, -0.15) is 17.9 Å². The van der Waals surface area contributed by atoms with Crippen molar-refractivity contribution < 1.29 is 23.0 Å². The summed E-state index contributed by atoms with van der Waals surface area (Å²) in [7, 11) is 0. The van der Waals surface area contributed by atoms with Crippen LogP contribution in [0.15, 0.2) is 48.5 Å². The molecular formula is C24H24F3NO2. The van der Waals surface area contributed by atoms with E-state index in [4.69, 9.17) is 0 Å². The summed E-state index contributed by atoms with van der Waals surface area (Å²) in [4.78, 5) is 0. The van der Waals surface area contributed by atoms with Crippen molar-refractivity contribution in [1.82, 2.24) is 0 Å². The van der Waals surface area contributed by atoms with Crippen molar-refractivity contribution in [3.63, 3.8) is 0 Å². The van der Waals surface area contributed by atoms with Gasteiger partial charge in [0.05, 0.1) is 11.1 Å². The van der Waals surface area contributed by atoms with Crippen LogP contribution >= 0.6 is 0 Å². The van der Waals surface area contributed by atoms with Crippen molar-refractivity contribution in [1.29, 1.82) is 0 Å². The summed E-state index contributed by atoms with van der Waals surface area (Å²) in [6.45, 7) is 0. The molecule has 1 fully saturated rings. The highest BCUT2D eigenvalue weighted by atomic mass is 19.4. The maximum absolute atomic E-state index is 12.7. The zero-order valence-electron chi connectivity index (χ0n) is 16.6. The molecule has 0 heterocycles. The van der Waals surface area contributed by atoms with E-state index in [2.05, 4.69) is 11.8 Å². The molecule has 0 aromatic heterocycles. The Morgan fingerprint density at radius 2 is 1.53 bits per heavy atom. The van der Waals surface area contributed by atoms with Crippen LogP contribution in [-0.2, 0) is 6.18 Å². The fourth-order valence-electron chi connectivity index (χ4n) is 3.52. The molecule has 6 heteroatoms. The van der Waals surface area contributed by atoms with Gasteiger partial charge in [0, 0.05) is 17.7 Å². The molecule has 1 aliphatic carbocycles. The fraction of sp³-hybridized carbons (Fsp3) is 0.375. The minimum atomic E-state index is -4.45. The normalized spacial score (nSPS) is 17.4. The molecule has 0 unspecified atom stereocenters. The molecule has 1 N–H and O–H groups in total. The molecule has 0 amide bonds. The number of hydrogen-bond donors (Lipinski definition) is 1. The molecule has 0 atom stereocenters. The molecule has 0 radical (unpaired) electrons. The van der Waals surface area contributed by atoms with E-state index in [1.165, 1.54) is 12.6 Å². The van der Waals surface area contributed by atoms with Crippen LogP contribution in [0, 0.1) is 17.0 Å². The molecule has 30 heavy (non-hydrogen) atoms. The van der Waals surface area contributed by atoms with Crippen LogP contribution < -0.4 is 0 Å². The van der Waals surface area contributed by atoms with E-state index in [1.807, 2.05) is 0 Å².